The molecule has 0 N–H and O–H groups in total. The zero-order valence-corrected chi connectivity index (χ0v) is 18.8. The fraction of sp³-hybridized carbons (Fsp3) is 0.962. The lowest BCUT2D eigenvalue weighted by molar-refractivity contribution is 0.372. The SMILES string of the molecule is [CH2]CCCCCC(CCCC)CCCCCCCCCCCCCCC. The number of hydrogen-bond acceptors (Lipinski definition) is 0. The van der Waals surface area contributed by atoms with E-state index in [9.17, 15) is 0 Å². The van der Waals surface area contributed by atoms with Crippen molar-refractivity contribution < 1.29 is 0 Å². The van der Waals surface area contributed by atoms with Gasteiger partial charge in [0.25, 0.3) is 0 Å². The molecule has 0 rings (SSSR count). The second kappa shape index (κ2) is 23.0. The van der Waals surface area contributed by atoms with Crippen molar-refractivity contribution in [2.75, 3.05) is 0 Å². The maximum atomic E-state index is 3.97. The summed E-state index contributed by atoms with van der Waals surface area (Å²) in [5.74, 6) is 1.02. The molecule has 0 aliphatic rings. The van der Waals surface area contributed by atoms with Crippen molar-refractivity contribution >= 4 is 0 Å². The fourth-order valence-electron chi connectivity index (χ4n) is 4.16. The zero-order chi connectivity index (χ0) is 19.1. The van der Waals surface area contributed by atoms with Crippen molar-refractivity contribution in [1.29, 1.82) is 0 Å². The van der Waals surface area contributed by atoms with Gasteiger partial charge >= 0.3 is 0 Å². The van der Waals surface area contributed by atoms with Crippen molar-refractivity contribution in [3.05, 3.63) is 6.92 Å². The summed E-state index contributed by atoms with van der Waals surface area (Å²) in [6.45, 7) is 8.61. The Labute approximate surface area is 168 Å². The molecule has 26 heavy (non-hydrogen) atoms. The molecule has 1 radical (unpaired) electrons. The van der Waals surface area contributed by atoms with Gasteiger partial charge in [0.2, 0.25) is 0 Å². The summed E-state index contributed by atoms with van der Waals surface area (Å²) >= 11 is 0. The highest BCUT2D eigenvalue weighted by Crippen LogP contribution is 2.23. The molecule has 0 aromatic heterocycles. The Bertz CT molecular complexity index is 232. The van der Waals surface area contributed by atoms with Gasteiger partial charge in [-0.15, -0.1) is 0 Å². The molecule has 0 nitrogen and oxygen atoms in total. The highest BCUT2D eigenvalue weighted by atomic mass is 14.1. The monoisotopic (exact) mass is 365 g/mol. The molecule has 0 saturated carbocycles. The van der Waals surface area contributed by atoms with Gasteiger partial charge in [-0.2, -0.15) is 0 Å². The molecular formula is C26H53. The van der Waals surface area contributed by atoms with Crippen molar-refractivity contribution in [3.8, 4) is 0 Å². The second-order valence-corrected chi connectivity index (χ2v) is 8.74. The summed E-state index contributed by atoms with van der Waals surface area (Å²) < 4.78 is 0. The van der Waals surface area contributed by atoms with E-state index in [1.54, 1.807) is 0 Å². The van der Waals surface area contributed by atoms with Crippen LogP contribution in [0, 0.1) is 12.8 Å². The molecule has 0 aromatic carbocycles. The minimum absolute atomic E-state index is 1.02. The summed E-state index contributed by atoms with van der Waals surface area (Å²) in [6.07, 6.45) is 31.7. The molecule has 0 aliphatic heterocycles. The molecule has 157 valence electrons. The first-order chi connectivity index (χ1) is 12.8. The average molecular weight is 366 g/mol. The molecule has 0 fully saturated rings. The van der Waals surface area contributed by atoms with Crippen molar-refractivity contribution in [3.63, 3.8) is 0 Å². The van der Waals surface area contributed by atoms with E-state index in [0.29, 0.717) is 0 Å². The topological polar surface area (TPSA) is 0 Å². The zero-order valence-electron chi connectivity index (χ0n) is 18.8. The molecule has 0 heteroatoms. The van der Waals surface area contributed by atoms with Gasteiger partial charge in [0.05, 0.1) is 0 Å². The molecule has 1 unspecified atom stereocenters. The Balaban J connectivity index is 3.39. The first kappa shape index (κ1) is 26.0. The predicted molar refractivity (Wildman–Crippen MR) is 122 cm³/mol. The molecule has 0 saturated heterocycles. The van der Waals surface area contributed by atoms with Crippen LogP contribution in [0.3, 0.4) is 0 Å². The van der Waals surface area contributed by atoms with Crippen LogP contribution in [0.1, 0.15) is 155 Å². The fourth-order valence-corrected chi connectivity index (χ4v) is 4.16. The van der Waals surface area contributed by atoms with E-state index >= 15 is 0 Å². The van der Waals surface area contributed by atoms with E-state index in [-0.39, 0.29) is 0 Å². The predicted octanol–water partition coefficient (Wildman–Crippen LogP) is 10.1. The van der Waals surface area contributed by atoms with E-state index in [1.807, 2.05) is 0 Å². The van der Waals surface area contributed by atoms with Crippen molar-refractivity contribution in [2.24, 2.45) is 5.92 Å². The van der Waals surface area contributed by atoms with Gasteiger partial charge in [0, 0.05) is 0 Å². The first-order valence-corrected chi connectivity index (χ1v) is 12.6. The van der Waals surface area contributed by atoms with Gasteiger partial charge in [-0.05, 0) is 5.92 Å². The van der Waals surface area contributed by atoms with Crippen LogP contribution in [-0.2, 0) is 0 Å². The van der Waals surface area contributed by atoms with Gasteiger partial charge in [0.1, 0.15) is 0 Å². The van der Waals surface area contributed by atoms with Crippen LogP contribution >= 0.6 is 0 Å². The molecule has 0 amide bonds. The smallest absolute Gasteiger partial charge is 0.0414 e. The Morgan fingerprint density at radius 1 is 0.423 bits per heavy atom. The van der Waals surface area contributed by atoms with Crippen LogP contribution in [0.2, 0.25) is 0 Å². The van der Waals surface area contributed by atoms with Crippen LogP contribution in [0.25, 0.3) is 0 Å². The Morgan fingerprint density at radius 3 is 1.19 bits per heavy atom. The number of rotatable bonds is 22. The minimum atomic E-state index is 1.02. The molecular weight excluding hydrogens is 312 g/mol. The first-order valence-electron chi connectivity index (χ1n) is 12.6. The Kier molecular flexibility index (Phi) is 23.0. The Hall–Kier alpha value is 0. The van der Waals surface area contributed by atoms with E-state index in [0.717, 1.165) is 12.3 Å². The second-order valence-electron chi connectivity index (χ2n) is 8.74. The lowest BCUT2D eigenvalue weighted by Crippen LogP contribution is -2.01. The minimum Gasteiger partial charge on any atom is -0.0654 e. The van der Waals surface area contributed by atoms with Crippen LogP contribution in [0.5, 0.6) is 0 Å². The van der Waals surface area contributed by atoms with Crippen molar-refractivity contribution in [2.45, 2.75) is 155 Å². The molecule has 0 spiro atoms. The lowest BCUT2D eigenvalue weighted by atomic mass is 9.90. The molecule has 0 bridgehead atoms. The van der Waals surface area contributed by atoms with Crippen LogP contribution in [0.15, 0.2) is 0 Å². The largest absolute Gasteiger partial charge is 0.0654 e. The highest BCUT2D eigenvalue weighted by Gasteiger charge is 2.08. The van der Waals surface area contributed by atoms with E-state index in [2.05, 4.69) is 20.8 Å². The van der Waals surface area contributed by atoms with Crippen LogP contribution in [-0.4, -0.2) is 0 Å². The van der Waals surface area contributed by atoms with E-state index in [1.165, 1.54) is 135 Å². The summed E-state index contributed by atoms with van der Waals surface area (Å²) in [7, 11) is 0. The third-order valence-corrected chi connectivity index (χ3v) is 6.04. The summed E-state index contributed by atoms with van der Waals surface area (Å²) in [5, 5.41) is 0. The summed E-state index contributed by atoms with van der Waals surface area (Å²) in [6, 6.07) is 0. The quantitative estimate of drug-likeness (QED) is 0.167. The van der Waals surface area contributed by atoms with Gasteiger partial charge in [-0.3, -0.25) is 0 Å². The molecule has 0 aromatic rings. The van der Waals surface area contributed by atoms with E-state index in [4.69, 9.17) is 0 Å². The maximum absolute atomic E-state index is 3.97. The lowest BCUT2D eigenvalue weighted by Gasteiger charge is -2.16. The van der Waals surface area contributed by atoms with Crippen LogP contribution < -0.4 is 0 Å². The molecule has 0 aliphatic carbocycles. The number of hydrogen-bond donors (Lipinski definition) is 0. The van der Waals surface area contributed by atoms with Gasteiger partial charge in [-0.1, -0.05) is 162 Å². The van der Waals surface area contributed by atoms with Crippen molar-refractivity contribution in [1.82, 2.24) is 0 Å². The average Bonchev–Trinajstić information content (AvgIpc) is 2.66. The third-order valence-electron chi connectivity index (χ3n) is 6.04. The third kappa shape index (κ3) is 20.3. The summed E-state index contributed by atoms with van der Waals surface area (Å²) in [4.78, 5) is 0. The number of unbranched alkanes of at least 4 members (excludes halogenated alkanes) is 16. The highest BCUT2D eigenvalue weighted by molar-refractivity contribution is 4.61. The normalized spacial score (nSPS) is 12.6. The molecule has 0 heterocycles. The standard InChI is InChI=1S/C26H53/c1-4-7-10-12-13-14-15-16-17-18-19-20-22-25-26(23-9-6-3)24-21-11-8-5-2/h26H,2,4-25H2,1,3H3. The Morgan fingerprint density at radius 2 is 0.769 bits per heavy atom. The van der Waals surface area contributed by atoms with Gasteiger partial charge < -0.3 is 0 Å². The molecule has 1 atom stereocenters. The maximum Gasteiger partial charge on any atom is -0.0414 e. The van der Waals surface area contributed by atoms with Gasteiger partial charge in [0.15, 0.2) is 0 Å². The van der Waals surface area contributed by atoms with Gasteiger partial charge in [-0.25, -0.2) is 0 Å². The van der Waals surface area contributed by atoms with E-state index < -0.39 is 0 Å². The van der Waals surface area contributed by atoms with Crippen LogP contribution in [0.4, 0.5) is 0 Å². The summed E-state index contributed by atoms with van der Waals surface area (Å²) in [5.41, 5.74) is 0.